The van der Waals surface area contributed by atoms with Crippen LogP contribution in [0.3, 0.4) is 0 Å². The molecular formula is C19H40N2O4S. The second-order valence-corrected chi connectivity index (χ2v) is 8.03. The largest absolute Gasteiger partial charge is 0.726 e. The zero-order valence-electron chi connectivity index (χ0n) is 17.3. The molecule has 0 spiro atoms. The number of hydrogen-bond acceptors (Lipinski definition) is 5. The Bertz CT molecular complexity index is 443. The van der Waals surface area contributed by atoms with Crippen LogP contribution in [0.25, 0.3) is 0 Å². The molecular weight excluding hydrogens is 352 g/mol. The van der Waals surface area contributed by atoms with E-state index in [2.05, 4.69) is 38.1 Å². The molecule has 156 valence electrons. The summed E-state index contributed by atoms with van der Waals surface area (Å²) in [6.45, 7) is 9.19. The Labute approximate surface area is 162 Å². The average Bonchev–Trinajstić information content (AvgIpc) is 2.59. The molecule has 26 heavy (non-hydrogen) atoms. The smallest absolute Gasteiger partial charge is 0.217 e. The Kier molecular flexibility index (Phi) is 18.8. The molecule has 0 aliphatic carbocycles. The van der Waals surface area contributed by atoms with Crippen LogP contribution < -0.4 is 0 Å². The molecule has 0 aromatic carbocycles. The van der Waals surface area contributed by atoms with Crippen LogP contribution in [-0.4, -0.2) is 50.7 Å². The van der Waals surface area contributed by atoms with E-state index in [1.807, 2.05) is 0 Å². The minimum absolute atomic E-state index is 0.0301. The van der Waals surface area contributed by atoms with Gasteiger partial charge < -0.3 is 9.04 Å². The SMILES string of the molecule is CCCCCCCCCCCCOS(=O)(=O)[O-].CC[N+](C)(CC)CC#N. The molecule has 0 bridgehead atoms. The molecule has 7 heteroatoms. The maximum absolute atomic E-state index is 10.1. The van der Waals surface area contributed by atoms with Crippen LogP contribution in [-0.2, 0) is 14.6 Å². The molecule has 0 amide bonds. The van der Waals surface area contributed by atoms with Crippen molar-refractivity contribution in [3.8, 4) is 6.07 Å². The third-order valence-electron chi connectivity index (χ3n) is 4.70. The fraction of sp³-hybridized carbons (Fsp3) is 0.947. The van der Waals surface area contributed by atoms with Gasteiger partial charge in [0.25, 0.3) is 0 Å². The monoisotopic (exact) mass is 392 g/mol. The van der Waals surface area contributed by atoms with Gasteiger partial charge in [-0.2, -0.15) is 5.26 Å². The molecule has 0 unspecified atom stereocenters. The van der Waals surface area contributed by atoms with Crippen LogP contribution in [0.5, 0.6) is 0 Å². The summed E-state index contributed by atoms with van der Waals surface area (Å²) in [5.41, 5.74) is 0. The summed E-state index contributed by atoms with van der Waals surface area (Å²) in [4.78, 5) is 0. The van der Waals surface area contributed by atoms with Gasteiger partial charge in [-0.1, -0.05) is 64.7 Å². The molecule has 0 aromatic rings. The highest BCUT2D eigenvalue weighted by Gasteiger charge is 2.13. The predicted octanol–water partition coefficient (Wildman–Crippen LogP) is 4.38. The zero-order chi connectivity index (χ0) is 20.3. The fourth-order valence-electron chi connectivity index (χ4n) is 2.37. The van der Waals surface area contributed by atoms with E-state index in [0.29, 0.717) is 13.0 Å². The molecule has 0 saturated carbocycles. The van der Waals surface area contributed by atoms with E-state index < -0.39 is 10.4 Å². The third kappa shape index (κ3) is 21.4. The molecule has 0 atom stereocenters. The molecule has 0 rings (SSSR count). The van der Waals surface area contributed by atoms with Crippen LogP contribution in [0.1, 0.15) is 85.0 Å². The molecule has 0 aliphatic heterocycles. The fourth-order valence-corrected chi connectivity index (χ4v) is 2.69. The summed E-state index contributed by atoms with van der Waals surface area (Å²) in [6, 6.07) is 2.18. The van der Waals surface area contributed by atoms with E-state index in [9.17, 15) is 13.0 Å². The first-order valence-corrected chi connectivity index (χ1v) is 11.4. The van der Waals surface area contributed by atoms with E-state index in [1.165, 1.54) is 44.9 Å². The van der Waals surface area contributed by atoms with Crippen molar-refractivity contribution in [2.45, 2.75) is 85.0 Å². The Balaban J connectivity index is 0. The highest BCUT2D eigenvalue weighted by Crippen LogP contribution is 2.10. The highest BCUT2D eigenvalue weighted by atomic mass is 32.3. The topological polar surface area (TPSA) is 90.2 Å². The van der Waals surface area contributed by atoms with Crippen LogP contribution >= 0.6 is 0 Å². The van der Waals surface area contributed by atoms with E-state index in [1.54, 1.807) is 0 Å². The zero-order valence-corrected chi connectivity index (χ0v) is 18.2. The van der Waals surface area contributed by atoms with Gasteiger partial charge in [0.15, 0.2) is 6.54 Å². The second kappa shape index (κ2) is 17.7. The van der Waals surface area contributed by atoms with Gasteiger partial charge in [0.1, 0.15) is 6.07 Å². The summed E-state index contributed by atoms with van der Waals surface area (Å²) in [7, 11) is -2.38. The predicted molar refractivity (Wildman–Crippen MR) is 105 cm³/mol. The lowest BCUT2D eigenvalue weighted by atomic mass is 10.1. The summed E-state index contributed by atoms with van der Waals surface area (Å²) >= 11 is 0. The molecule has 0 saturated heterocycles. The molecule has 0 radical (unpaired) electrons. The van der Waals surface area contributed by atoms with Crippen molar-refractivity contribution < 1.29 is 21.6 Å². The standard InChI is InChI=1S/C12H26O4S.C7H15N2/c1-2-3-4-5-6-7-8-9-10-11-12-16-17(13,14)15;1-4-9(3,5-2)7-6-8/h2-12H2,1H3,(H,13,14,15);4-5,7H2,1-3H3/q;+1/p-1. The lowest BCUT2D eigenvalue weighted by molar-refractivity contribution is -0.899. The molecule has 6 nitrogen and oxygen atoms in total. The number of unbranched alkanes of at least 4 members (excludes halogenated alkanes) is 9. The highest BCUT2D eigenvalue weighted by molar-refractivity contribution is 7.80. The van der Waals surface area contributed by atoms with Crippen LogP contribution in [0.2, 0.25) is 0 Å². The summed E-state index contributed by atoms with van der Waals surface area (Å²) in [5, 5.41) is 8.40. The van der Waals surface area contributed by atoms with Crippen molar-refractivity contribution in [1.29, 1.82) is 5.26 Å². The lowest BCUT2D eigenvalue weighted by Crippen LogP contribution is -2.43. The van der Waals surface area contributed by atoms with Crippen molar-refractivity contribution >= 4 is 10.4 Å². The third-order valence-corrected chi connectivity index (χ3v) is 5.16. The van der Waals surface area contributed by atoms with Gasteiger partial charge in [-0.3, -0.25) is 4.18 Å². The number of rotatable bonds is 15. The molecule has 0 aromatic heterocycles. The van der Waals surface area contributed by atoms with Gasteiger partial charge in [-0.15, -0.1) is 0 Å². The van der Waals surface area contributed by atoms with Crippen LogP contribution in [0.4, 0.5) is 0 Å². The first-order valence-electron chi connectivity index (χ1n) is 10.0. The van der Waals surface area contributed by atoms with Gasteiger partial charge in [0.2, 0.25) is 10.4 Å². The Hall–Kier alpha value is -0.680. The van der Waals surface area contributed by atoms with Crippen LogP contribution in [0, 0.1) is 11.3 Å². The van der Waals surface area contributed by atoms with Crippen molar-refractivity contribution in [1.82, 2.24) is 0 Å². The first kappa shape index (κ1) is 27.5. The van der Waals surface area contributed by atoms with Crippen molar-refractivity contribution in [2.24, 2.45) is 0 Å². The molecule has 0 N–H and O–H groups in total. The van der Waals surface area contributed by atoms with E-state index in [-0.39, 0.29) is 6.61 Å². The summed E-state index contributed by atoms with van der Waals surface area (Å²) < 4.78 is 35.3. The van der Waals surface area contributed by atoms with Crippen molar-refractivity contribution in [3.05, 3.63) is 0 Å². The number of nitrogens with zero attached hydrogens (tertiary/aromatic N) is 2. The normalized spacial score (nSPS) is 11.5. The van der Waals surface area contributed by atoms with Gasteiger partial charge in [0, 0.05) is 0 Å². The first-order chi connectivity index (χ1) is 12.2. The second-order valence-electron chi connectivity index (χ2n) is 6.98. The molecule has 0 fully saturated rings. The Morgan fingerprint density at radius 3 is 1.62 bits per heavy atom. The van der Waals surface area contributed by atoms with E-state index in [4.69, 9.17) is 5.26 Å². The van der Waals surface area contributed by atoms with Gasteiger partial charge in [0.05, 0.1) is 26.7 Å². The quantitative estimate of drug-likeness (QED) is 0.136. The minimum atomic E-state index is -4.48. The van der Waals surface area contributed by atoms with Gasteiger partial charge >= 0.3 is 0 Å². The van der Waals surface area contributed by atoms with Gasteiger partial charge in [-0.25, -0.2) is 8.42 Å². The summed E-state index contributed by atoms with van der Waals surface area (Å²) in [5.74, 6) is 0. The van der Waals surface area contributed by atoms with Gasteiger partial charge in [-0.05, 0) is 20.3 Å². The number of quaternary nitrogens is 1. The maximum Gasteiger partial charge on any atom is 0.217 e. The maximum atomic E-state index is 10.1. The Morgan fingerprint density at radius 1 is 0.885 bits per heavy atom. The minimum Gasteiger partial charge on any atom is -0.726 e. The lowest BCUT2D eigenvalue weighted by Gasteiger charge is -2.28. The average molecular weight is 393 g/mol. The van der Waals surface area contributed by atoms with E-state index >= 15 is 0 Å². The number of nitriles is 1. The molecule has 0 aliphatic rings. The number of hydrogen-bond donors (Lipinski definition) is 0. The van der Waals surface area contributed by atoms with Crippen LogP contribution in [0.15, 0.2) is 0 Å². The van der Waals surface area contributed by atoms with Crippen molar-refractivity contribution in [2.75, 3.05) is 33.3 Å². The summed E-state index contributed by atoms with van der Waals surface area (Å²) in [6.07, 6.45) is 11.7. The van der Waals surface area contributed by atoms with Crippen molar-refractivity contribution in [3.63, 3.8) is 0 Å². The molecule has 0 heterocycles. The van der Waals surface area contributed by atoms with E-state index in [0.717, 1.165) is 30.4 Å². The Morgan fingerprint density at radius 2 is 1.31 bits per heavy atom.